The van der Waals surface area contributed by atoms with Gasteiger partial charge in [0.15, 0.2) is 0 Å². The van der Waals surface area contributed by atoms with Crippen molar-refractivity contribution in [2.24, 2.45) is 0 Å². The summed E-state index contributed by atoms with van der Waals surface area (Å²) in [5, 5.41) is 10.2. The maximum Gasteiger partial charge on any atom is -0.00261 e. The standard InChI is InChI=1S/C40H26/c1-2-13-29(14-3-1)39-34-18-6-8-20-36(34)40(37-21-9-7-19-35(37)39)30-25-24-28-16-11-23-33(38(28)26-30)32-22-10-15-27-12-4-5-17-31(27)32/h1-26H. The maximum atomic E-state index is 2.41. The smallest absolute Gasteiger partial charge is 0.00261 e. The SMILES string of the molecule is c1ccc(-c2c3ccccc3c(-c3ccc4cccc(-c5cccc6ccccc56)c4c3)c3ccccc23)cc1. The zero-order valence-electron chi connectivity index (χ0n) is 22.0. The summed E-state index contributed by atoms with van der Waals surface area (Å²) in [6, 6.07) is 57.5. The van der Waals surface area contributed by atoms with Crippen molar-refractivity contribution in [2.45, 2.75) is 0 Å². The highest BCUT2D eigenvalue weighted by Crippen LogP contribution is 2.44. The van der Waals surface area contributed by atoms with Crippen LogP contribution in [0.2, 0.25) is 0 Å². The molecule has 0 unspecified atom stereocenters. The molecular formula is C40H26. The summed E-state index contributed by atoms with van der Waals surface area (Å²) in [4.78, 5) is 0. The summed E-state index contributed by atoms with van der Waals surface area (Å²) in [6.07, 6.45) is 0. The van der Waals surface area contributed by atoms with Crippen LogP contribution in [0.25, 0.3) is 76.5 Å². The quantitative estimate of drug-likeness (QED) is 0.209. The van der Waals surface area contributed by atoms with Crippen molar-refractivity contribution >= 4 is 43.1 Å². The molecule has 0 aliphatic rings. The summed E-state index contributed by atoms with van der Waals surface area (Å²) in [7, 11) is 0. The molecule has 186 valence electrons. The van der Waals surface area contributed by atoms with Crippen LogP contribution in [0.1, 0.15) is 0 Å². The van der Waals surface area contributed by atoms with Gasteiger partial charge in [-0.25, -0.2) is 0 Å². The Labute approximate surface area is 233 Å². The molecule has 8 rings (SSSR count). The Bertz CT molecular complexity index is 2140. The van der Waals surface area contributed by atoms with Gasteiger partial charge in [-0.05, 0) is 82.5 Å². The molecule has 0 aliphatic carbocycles. The van der Waals surface area contributed by atoms with Crippen molar-refractivity contribution in [1.29, 1.82) is 0 Å². The minimum atomic E-state index is 1.24. The first-order valence-electron chi connectivity index (χ1n) is 13.9. The number of fused-ring (bicyclic) bond motifs is 4. The largest absolute Gasteiger partial charge is 0.0622 e. The van der Waals surface area contributed by atoms with Crippen LogP contribution in [0.4, 0.5) is 0 Å². The van der Waals surface area contributed by atoms with E-state index in [0.717, 1.165) is 0 Å². The molecule has 0 aromatic heterocycles. The van der Waals surface area contributed by atoms with Gasteiger partial charge in [-0.1, -0.05) is 152 Å². The fourth-order valence-corrected chi connectivity index (χ4v) is 6.48. The van der Waals surface area contributed by atoms with Gasteiger partial charge >= 0.3 is 0 Å². The number of benzene rings is 8. The second-order valence-electron chi connectivity index (χ2n) is 10.5. The third kappa shape index (κ3) is 3.54. The first-order chi connectivity index (χ1) is 19.9. The number of hydrogen-bond acceptors (Lipinski definition) is 0. The zero-order chi connectivity index (χ0) is 26.5. The van der Waals surface area contributed by atoms with E-state index < -0.39 is 0 Å². The molecule has 0 amide bonds. The van der Waals surface area contributed by atoms with Crippen molar-refractivity contribution in [3.63, 3.8) is 0 Å². The van der Waals surface area contributed by atoms with Gasteiger partial charge in [-0.3, -0.25) is 0 Å². The Balaban J connectivity index is 1.46. The first-order valence-corrected chi connectivity index (χ1v) is 13.9. The molecule has 0 heteroatoms. The molecule has 40 heavy (non-hydrogen) atoms. The average Bonchev–Trinajstić information content (AvgIpc) is 3.03. The maximum absolute atomic E-state index is 2.41. The molecule has 0 N–H and O–H groups in total. The lowest BCUT2D eigenvalue weighted by molar-refractivity contribution is 1.66. The van der Waals surface area contributed by atoms with E-state index in [9.17, 15) is 0 Å². The predicted molar refractivity (Wildman–Crippen MR) is 173 cm³/mol. The van der Waals surface area contributed by atoms with Crippen LogP contribution in [0.15, 0.2) is 158 Å². The Morgan fingerprint density at radius 2 is 0.700 bits per heavy atom. The lowest BCUT2D eigenvalue weighted by Gasteiger charge is -2.18. The van der Waals surface area contributed by atoms with E-state index in [1.807, 2.05) is 0 Å². The Morgan fingerprint density at radius 1 is 0.250 bits per heavy atom. The van der Waals surface area contributed by atoms with E-state index in [1.165, 1.54) is 76.5 Å². The second kappa shape index (κ2) is 9.22. The molecule has 0 spiro atoms. The van der Waals surface area contributed by atoms with Crippen LogP contribution in [0, 0.1) is 0 Å². The third-order valence-corrected chi connectivity index (χ3v) is 8.24. The van der Waals surface area contributed by atoms with E-state index in [-0.39, 0.29) is 0 Å². The van der Waals surface area contributed by atoms with Crippen molar-refractivity contribution in [3.8, 4) is 33.4 Å². The first kappa shape index (κ1) is 22.8. The fourth-order valence-electron chi connectivity index (χ4n) is 6.48. The molecule has 8 aromatic carbocycles. The van der Waals surface area contributed by atoms with E-state index in [4.69, 9.17) is 0 Å². The van der Waals surface area contributed by atoms with Crippen LogP contribution in [-0.2, 0) is 0 Å². The summed E-state index contributed by atoms with van der Waals surface area (Å²) >= 11 is 0. The van der Waals surface area contributed by atoms with Crippen LogP contribution in [-0.4, -0.2) is 0 Å². The summed E-state index contributed by atoms with van der Waals surface area (Å²) in [5.74, 6) is 0. The highest BCUT2D eigenvalue weighted by Gasteiger charge is 2.17. The Hall–Kier alpha value is -5.20. The minimum Gasteiger partial charge on any atom is -0.0622 e. The second-order valence-corrected chi connectivity index (χ2v) is 10.5. The van der Waals surface area contributed by atoms with Gasteiger partial charge in [0.05, 0.1) is 0 Å². The zero-order valence-corrected chi connectivity index (χ0v) is 22.0. The third-order valence-electron chi connectivity index (χ3n) is 8.24. The highest BCUT2D eigenvalue weighted by atomic mass is 14.2. The van der Waals surface area contributed by atoms with Gasteiger partial charge in [0.25, 0.3) is 0 Å². The van der Waals surface area contributed by atoms with Crippen molar-refractivity contribution in [1.82, 2.24) is 0 Å². The normalized spacial score (nSPS) is 11.5. The van der Waals surface area contributed by atoms with Gasteiger partial charge in [-0.2, -0.15) is 0 Å². The minimum absolute atomic E-state index is 1.24. The summed E-state index contributed by atoms with van der Waals surface area (Å²) < 4.78 is 0. The molecule has 0 atom stereocenters. The summed E-state index contributed by atoms with van der Waals surface area (Å²) in [5.41, 5.74) is 7.62. The Kier molecular flexibility index (Phi) is 5.24. The van der Waals surface area contributed by atoms with E-state index in [0.29, 0.717) is 0 Å². The highest BCUT2D eigenvalue weighted by molar-refractivity contribution is 6.22. The van der Waals surface area contributed by atoms with E-state index in [2.05, 4.69) is 158 Å². The summed E-state index contributed by atoms with van der Waals surface area (Å²) in [6.45, 7) is 0. The molecule has 0 saturated carbocycles. The monoisotopic (exact) mass is 506 g/mol. The van der Waals surface area contributed by atoms with Crippen LogP contribution >= 0.6 is 0 Å². The molecule has 0 radical (unpaired) electrons. The van der Waals surface area contributed by atoms with E-state index in [1.54, 1.807) is 0 Å². The van der Waals surface area contributed by atoms with Crippen molar-refractivity contribution < 1.29 is 0 Å². The number of hydrogen-bond donors (Lipinski definition) is 0. The van der Waals surface area contributed by atoms with Crippen molar-refractivity contribution in [3.05, 3.63) is 158 Å². The molecular weight excluding hydrogens is 480 g/mol. The fraction of sp³-hybridized carbons (Fsp3) is 0. The molecule has 0 heterocycles. The lowest BCUT2D eigenvalue weighted by atomic mass is 9.85. The van der Waals surface area contributed by atoms with Gasteiger partial charge < -0.3 is 0 Å². The lowest BCUT2D eigenvalue weighted by Crippen LogP contribution is -1.91. The van der Waals surface area contributed by atoms with Crippen LogP contribution < -0.4 is 0 Å². The number of rotatable bonds is 3. The molecule has 8 aromatic rings. The molecule has 0 fully saturated rings. The Morgan fingerprint density at radius 3 is 1.32 bits per heavy atom. The van der Waals surface area contributed by atoms with E-state index >= 15 is 0 Å². The van der Waals surface area contributed by atoms with Crippen molar-refractivity contribution in [2.75, 3.05) is 0 Å². The molecule has 0 nitrogen and oxygen atoms in total. The molecule has 0 saturated heterocycles. The van der Waals surface area contributed by atoms with Gasteiger partial charge in [0, 0.05) is 0 Å². The average molecular weight is 507 g/mol. The van der Waals surface area contributed by atoms with Gasteiger partial charge in [0.2, 0.25) is 0 Å². The molecule has 0 bridgehead atoms. The van der Waals surface area contributed by atoms with Crippen LogP contribution in [0.5, 0.6) is 0 Å². The van der Waals surface area contributed by atoms with Gasteiger partial charge in [-0.15, -0.1) is 0 Å². The predicted octanol–water partition coefficient (Wildman–Crippen LogP) is 11.3. The van der Waals surface area contributed by atoms with Gasteiger partial charge in [0.1, 0.15) is 0 Å². The van der Waals surface area contributed by atoms with Crippen LogP contribution in [0.3, 0.4) is 0 Å². The topological polar surface area (TPSA) is 0 Å². The molecule has 0 aliphatic heterocycles.